The number of aryl methyl sites for hydroxylation is 1. The highest BCUT2D eigenvalue weighted by molar-refractivity contribution is 7.91. The van der Waals surface area contributed by atoms with Crippen LogP contribution in [0, 0.1) is 5.92 Å². The number of ketones is 1. The van der Waals surface area contributed by atoms with Gasteiger partial charge in [0.25, 0.3) is 0 Å². The van der Waals surface area contributed by atoms with Gasteiger partial charge in [0.2, 0.25) is 0 Å². The zero-order valence-electron chi connectivity index (χ0n) is 11.4. The number of Topliss-reactive ketones (excluding diaryl/α,β-unsaturated/α-hetero) is 1. The Balaban J connectivity index is 2.16. The summed E-state index contributed by atoms with van der Waals surface area (Å²) in [6, 6.07) is 1.70. The summed E-state index contributed by atoms with van der Waals surface area (Å²) in [5.41, 5.74) is 0.627. The molecule has 1 aromatic rings. The highest BCUT2D eigenvalue weighted by Gasteiger charge is 2.33. The molecule has 0 bridgehead atoms. The fraction of sp³-hybridized carbons (Fsp3) is 0.643. The first-order valence-electron chi connectivity index (χ1n) is 6.73. The predicted molar refractivity (Wildman–Crippen MR) is 73.0 cm³/mol. The number of carbonyl (C=O) groups is 1. The Labute approximate surface area is 114 Å². The van der Waals surface area contributed by atoms with Gasteiger partial charge in [-0.25, -0.2) is 8.42 Å². The molecular formula is C14H20O4S. The number of hydrogen-bond donors (Lipinski definition) is 0. The van der Waals surface area contributed by atoms with Crippen molar-refractivity contribution in [3.8, 4) is 0 Å². The number of carbonyl (C=O) groups excluding carboxylic acids is 1. The largest absolute Gasteiger partial charge is 0.469 e. The van der Waals surface area contributed by atoms with E-state index in [2.05, 4.69) is 0 Å². The van der Waals surface area contributed by atoms with Crippen molar-refractivity contribution < 1.29 is 17.6 Å². The molecule has 0 spiro atoms. The monoisotopic (exact) mass is 284 g/mol. The molecule has 5 heteroatoms. The normalized spacial score (nSPS) is 24.3. The molecule has 2 rings (SSSR count). The van der Waals surface area contributed by atoms with E-state index in [1.165, 1.54) is 12.5 Å². The lowest BCUT2D eigenvalue weighted by Gasteiger charge is -2.26. The third-order valence-electron chi connectivity index (χ3n) is 3.93. The van der Waals surface area contributed by atoms with Gasteiger partial charge in [-0.1, -0.05) is 13.3 Å². The lowest BCUT2D eigenvalue weighted by molar-refractivity contribution is 0.0889. The topological polar surface area (TPSA) is 64.3 Å². The highest BCUT2D eigenvalue weighted by atomic mass is 32.2. The SMILES string of the molecule is CCc1occc1C(=O)C1CCCC(S(C)(=O)=O)C1. The molecule has 106 valence electrons. The van der Waals surface area contributed by atoms with Crippen LogP contribution in [0.2, 0.25) is 0 Å². The maximum absolute atomic E-state index is 12.5. The zero-order chi connectivity index (χ0) is 14.0. The fourth-order valence-corrected chi connectivity index (χ4v) is 4.00. The Morgan fingerprint density at radius 1 is 1.42 bits per heavy atom. The lowest BCUT2D eigenvalue weighted by atomic mass is 9.83. The number of rotatable bonds is 4. The van der Waals surface area contributed by atoms with Crippen molar-refractivity contribution in [1.29, 1.82) is 0 Å². The molecule has 1 saturated carbocycles. The fourth-order valence-electron chi connectivity index (χ4n) is 2.83. The molecule has 2 unspecified atom stereocenters. The first kappa shape index (κ1) is 14.3. The maximum atomic E-state index is 12.5. The molecule has 0 saturated heterocycles. The molecule has 1 aliphatic rings. The van der Waals surface area contributed by atoms with Crippen molar-refractivity contribution in [3.05, 3.63) is 23.7 Å². The second-order valence-electron chi connectivity index (χ2n) is 5.29. The third kappa shape index (κ3) is 3.08. The molecule has 1 fully saturated rings. The quantitative estimate of drug-likeness (QED) is 0.797. The molecule has 19 heavy (non-hydrogen) atoms. The first-order valence-corrected chi connectivity index (χ1v) is 8.68. The van der Waals surface area contributed by atoms with Gasteiger partial charge in [-0.2, -0.15) is 0 Å². The lowest BCUT2D eigenvalue weighted by Crippen LogP contribution is -2.31. The average molecular weight is 284 g/mol. The van der Waals surface area contributed by atoms with Gasteiger partial charge in [0.05, 0.1) is 17.1 Å². The van der Waals surface area contributed by atoms with Crippen LogP contribution in [0.4, 0.5) is 0 Å². The minimum absolute atomic E-state index is 0.0407. The van der Waals surface area contributed by atoms with Crippen molar-refractivity contribution in [2.45, 2.75) is 44.3 Å². The summed E-state index contributed by atoms with van der Waals surface area (Å²) in [5.74, 6) is 0.557. The van der Waals surface area contributed by atoms with Crippen LogP contribution in [0.1, 0.15) is 48.7 Å². The second-order valence-corrected chi connectivity index (χ2v) is 7.62. The number of hydrogen-bond acceptors (Lipinski definition) is 4. The van der Waals surface area contributed by atoms with Gasteiger partial charge in [-0.15, -0.1) is 0 Å². The standard InChI is InChI=1S/C14H20O4S/c1-3-13-12(7-8-18-13)14(15)10-5-4-6-11(9-10)19(2,16)17/h7-8,10-11H,3-6,9H2,1-2H3. The Hall–Kier alpha value is -1.10. The Bertz CT molecular complexity index is 556. The van der Waals surface area contributed by atoms with E-state index < -0.39 is 9.84 Å². The van der Waals surface area contributed by atoms with Gasteiger partial charge in [0.1, 0.15) is 15.6 Å². The van der Waals surface area contributed by atoms with E-state index in [1.807, 2.05) is 6.92 Å². The molecule has 1 aliphatic carbocycles. The molecule has 2 atom stereocenters. The molecule has 0 aliphatic heterocycles. The van der Waals surface area contributed by atoms with E-state index >= 15 is 0 Å². The van der Waals surface area contributed by atoms with E-state index in [9.17, 15) is 13.2 Å². The molecule has 0 N–H and O–H groups in total. The molecular weight excluding hydrogens is 264 g/mol. The van der Waals surface area contributed by atoms with Gasteiger partial charge in [0, 0.05) is 18.6 Å². The molecule has 1 heterocycles. The third-order valence-corrected chi connectivity index (χ3v) is 5.57. The van der Waals surface area contributed by atoms with Crippen LogP contribution in [0.3, 0.4) is 0 Å². The summed E-state index contributed by atoms with van der Waals surface area (Å²) < 4.78 is 28.5. The van der Waals surface area contributed by atoms with Crippen LogP contribution >= 0.6 is 0 Å². The van der Waals surface area contributed by atoms with Crippen molar-refractivity contribution in [1.82, 2.24) is 0 Å². The van der Waals surface area contributed by atoms with Crippen molar-refractivity contribution in [2.75, 3.05) is 6.26 Å². The van der Waals surface area contributed by atoms with E-state index in [4.69, 9.17) is 4.42 Å². The molecule has 1 aromatic heterocycles. The maximum Gasteiger partial charge on any atom is 0.169 e. The first-order chi connectivity index (χ1) is 8.93. The summed E-state index contributed by atoms with van der Waals surface area (Å²) in [5, 5.41) is -0.368. The smallest absolute Gasteiger partial charge is 0.169 e. The van der Waals surface area contributed by atoms with Crippen LogP contribution in [0.25, 0.3) is 0 Å². The number of furan rings is 1. The van der Waals surface area contributed by atoms with Gasteiger partial charge >= 0.3 is 0 Å². The molecule has 0 aromatic carbocycles. The number of sulfone groups is 1. The van der Waals surface area contributed by atoms with Crippen molar-refractivity contribution in [3.63, 3.8) is 0 Å². The Morgan fingerprint density at radius 3 is 2.79 bits per heavy atom. The van der Waals surface area contributed by atoms with Gasteiger partial charge in [0.15, 0.2) is 5.78 Å². The summed E-state index contributed by atoms with van der Waals surface area (Å²) in [6.07, 6.45) is 6.17. The zero-order valence-corrected chi connectivity index (χ0v) is 12.2. The summed E-state index contributed by atoms with van der Waals surface area (Å²) in [6.45, 7) is 1.94. The van der Waals surface area contributed by atoms with E-state index in [-0.39, 0.29) is 17.0 Å². The Morgan fingerprint density at radius 2 is 2.16 bits per heavy atom. The van der Waals surface area contributed by atoms with Gasteiger partial charge in [-0.3, -0.25) is 4.79 Å². The van der Waals surface area contributed by atoms with E-state index in [1.54, 1.807) is 6.07 Å². The van der Waals surface area contributed by atoms with Gasteiger partial charge < -0.3 is 4.42 Å². The predicted octanol–water partition coefficient (Wildman–Crippen LogP) is 2.63. The molecule has 4 nitrogen and oxygen atoms in total. The summed E-state index contributed by atoms with van der Waals surface area (Å²) in [4.78, 5) is 12.5. The van der Waals surface area contributed by atoms with Crippen molar-refractivity contribution in [2.24, 2.45) is 5.92 Å². The highest BCUT2D eigenvalue weighted by Crippen LogP contribution is 2.31. The van der Waals surface area contributed by atoms with Crippen LogP contribution < -0.4 is 0 Å². The summed E-state index contributed by atoms with van der Waals surface area (Å²) >= 11 is 0. The van der Waals surface area contributed by atoms with Crippen molar-refractivity contribution >= 4 is 15.6 Å². The van der Waals surface area contributed by atoms with E-state index in [0.717, 1.165) is 12.8 Å². The van der Waals surface area contributed by atoms with E-state index in [0.29, 0.717) is 30.6 Å². The Kier molecular flexibility index (Phi) is 4.13. The average Bonchev–Trinajstić information content (AvgIpc) is 2.85. The molecule has 0 radical (unpaired) electrons. The minimum atomic E-state index is -3.05. The summed E-state index contributed by atoms with van der Waals surface area (Å²) in [7, 11) is -3.05. The minimum Gasteiger partial charge on any atom is -0.469 e. The van der Waals surface area contributed by atoms with Crippen LogP contribution in [-0.4, -0.2) is 25.7 Å². The van der Waals surface area contributed by atoms with Crippen LogP contribution in [0.5, 0.6) is 0 Å². The van der Waals surface area contributed by atoms with Crippen LogP contribution in [-0.2, 0) is 16.3 Å². The van der Waals surface area contributed by atoms with Crippen LogP contribution in [0.15, 0.2) is 16.7 Å². The second kappa shape index (κ2) is 5.49. The van der Waals surface area contributed by atoms with Gasteiger partial charge in [-0.05, 0) is 25.3 Å². The molecule has 0 amide bonds.